The predicted molar refractivity (Wildman–Crippen MR) is 263 cm³/mol. The van der Waals surface area contributed by atoms with Gasteiger partial charge in [0.1, 0.15) is 22.5 Å². The summed E-state index contributed by atoms with van der Waals surface area (Å²) in [6.07, 6.45) is 11.9. The predicted octanol–water partition coefficient (Wildman–Crippen LogP) is 16.7. The molecule has 2 aromatic heterocycles. The fraction of sp³-hybridized carbons (Fsp3) is 0.103. The second-order valence-electron chi connectivity index (χ2n) is 16.9. The zero-order chi connectivity index (χ0) is 42.1. The van der Waals surface area contributed by atoms with E-state index in [1.165, 1.54) is 43.8 Å². The highest BCUT2D eigenvalue weighted by Crippen LogP contribution is 2.47. The average molecular weight is 803 g/mol. The summed E-state index contributed by atoms with van der Waals surface area (Å²) >= 11 is 0. The zero-order valence-corrected chi connectivity index (χ0v) is 35.4. The molecular weight excluding hydrogens is 757 g/mol. The topological polar surface area (TPSA) is 32.8 Å². The fourth-order valence-electron chi connectivity index (χ4n) is 9.54. The number of fused-ring (bicyclic) bond motifs is 9. The minimum absolute atomic E-state index is 0.403. The van der Waals surface area contributed by atoms with E-state index in [1.54, 1.807) is 0 Å². The van der Waals surface area contributed by atoms with E-state index in [1.807, 2.05) is 0 Å². The smallest absolute Gasteiger partial charge is 0.135 e. The highest BCUT2D eigenvalue weighted by molar-refractivity contribution is 6.24. The number of benzene rings is 8. The number of hydrogen-bond acceptors (Lipinski definition) is 4. The first-order valence-electron chi connectivity index (χ1n) is 21.5. The summed E-state index contributed by atoms with van der Waals surface area (Å²) < 4.78 is 12.7. The van der Waals surface area contributed by atoms with E-state index in [4.69, 9.17) is 15.4 Å². The lowest BCUT2D eigenvalue weighted by Crippen LogP contribution is -2.19. The number of rotatable bonds is 8. The van der Waals surface area contributed by atoms with Gasteiger partial charge in [0.25, 0.3) is 0 Å². The van der Waals surface area contributed by atoms with Gasteiger partial charge in [0.2, 0.25) is 0 Å². The second-order valence-corrected chi connectivity index (χ2v) is 16.9. The van der Waals surface area contributed by atoms with Crippen molar-refractivity contribution < 1.29 is 8.83 Å². The van der Waals surface area contributed by atoms with Crippen molar-refractivity contribution in [1.29, 1.82) is 0 Å². The summed E-state index contributed by atoms with van der Waals surface area (Å²) in [5.74, 6) is 1.24. The molecule has 0 aliphatic heterocycles. The van der Waals surface area contributed by atoms with Crippen LogP contribution >= 0.6 is 0 Å². The summed E-state index contributed by atoms with van der Waals surface area (Å²) in [4.78, 5) is 4.77. The van der Waals surface area contributed by atoms with Crippen LogP contribution in [0, 0.1) is 26.7 Å². The quantitative estimate of drug-likeness (QED) is 0.113. The van der Waals surface area contributed by atoms with Gasteiger partial charge >= 0.3 is 0 Å². The SMILES string of the molecule is C=C(/C=C\c1oc2ccc(C)cc2c1C)N(c1ccccc1)c1cc2c3ccccc3c(N(C3=CC=CC(C)C3)c3ccc4oc5ccc(C)cc5c4c3)cc2c2ccccc12. The van der Waals surface area contributed by atoms with Gasteiger partial charge in [0.05, 0.1) is 11.4 Å². The molecular formula is C58H46N2O2. The summed E-state index contributed by atoms with van der Waals surface area (Å²) in [6.45, 7) is 13.4. The summed E-state index contributed by atoms with van der Waals surface area (Å²) in [6, 6.07) is 52.5. The molecule has 10 aromatic rings. The lowest BCUT2D eigenvalue weighted by atomic mass is 9.92. The minimum Gasteiger partial charge on any atom is -0.456 e. The van der Waals surface area contributed by atoms with Crippen LogP contribution in [0.5, 0.6) is 0 Å². The molecule has 4 nitrogen and oxygen atoms in total. The van der Waals surface area contributed by atoms with E-state index in [0.29, 0.717) is 5.92 Å². The number of hydrogen-bond donors (Lipinski definition) is 0. The number of para-hydroxylation sites is 1. The molecule has 62 heavy (non-hydrogen) atoms. The Morgan fingerprint density at radius 2 is 1.15 bits per heavy atom. The third kappa shape index (κ3) is 6.30. The third-order valence-corrected chi connectivity index (χ3v) is 12.6. The lowest BCUT2D eigenvalue weighted by molar-refractivity contribution is 0.601. The molecule has 0 amide bonds. The molecule has 2 heterocycles. The Morgan fingerprint density at radius 3 is 1.84 bits per heavy atom. The van der Waals surface area contributed by atoms with E-state index in [9.17, 15) is 0 Å². The number of aryl methyl sites for hydroxylation is 3. The highest BCUT2D eigenvalue weighted by atomic mass is 16.3. The van der Waals surface area contributed by atoms with Gasteiger partial charge in [-0.2, -0.15) is 0 Å². The van der Waals surface area contributed by atoms with Crippen LogP contribution in [0.15, 0.2) is 197 Å². The molecule has 1 aliphatic rings. The van der Waals surface area contributed by atoms with Crippen LogP contribution < -0.4 is 9.80 Å². The van der Waals surface area contributed by atoms with Crippen LogP contribution in [0.4, 0.5) is 22.7 Å². The van der Waals surface area contributed by atoms with Crippen LogP contribution in [0.25, 0.3) is 71.3 Å². The Kier molecular flexibility index (Phi) is 8.97. The Labute approximate surface area is 361 Å². The first kappa shape index (κ1) is 37.4. The molecule has 0 saturated carbocycles. The molecule has 0 spiro atoms. The first-order valence-corrected chi connectivity index (χ1v) is 21.5. The van der Waals surface area contributed by atoms with Crippen LogP contribution in [-0.4, -0.2) is 0 Å². The van der Waals surface area contributed by atoms with Crippen molar-refractivity contribution in [3.63, 3.8) is 0 Å². The maximum Gasteiger partial charge on any atom is 0.135 e. The van der Waals surface area contributed by atoms with Crippen molar-refractivity contribution in [2.75, 3.05) is 9.80 Å². The maximum absolute atomic E-state index is 6.36. The molecule has 300 valence electrons. The van der Waals surface area contributed by atoms with Crippen LogP contribution in [-0.2, 0) is 0 Å². The van der Waals surface area contributed by atoms with Gasteiger partial charge in [-0.1, -0.05) is 116 Å². The number of anilines is 4. The molecule has 0 N–H and O–H groups in total. The molecule has 0 bridgehead atoms. The zero-order valence-electron chi connectivity index (χ0n) is 35.4. The van der Waals surface area contributed by atoms with Crippen molar-refractivity contribution >= 4 is 94.1 Å². The molecule has 1 atom stereocenters. The van der Waals surface area contributed by atoms with Gasteiger partial charge in [-0.05, 0) is 140 Å². The van der Waals surface area contributed by atoms with E-state index < -0.39 is 0 Å². The molecule has 11 rings (SSSR count). The van der Waals surface area contributed by atoms with Gasteiger partial charge in [-0.15, -0.1) is 0 Å². The molecule has 1 aliphatic carbocycles. The monoisotopic (exact) mass is 802 g/mol. The third-order valence-electron chi connectivity index (χ3n) is 12.6. The van der Waals surface area contributed by atoms with E-state index in [2.05, 4.69) is 213 Å². The van der Waals surface area contributed by atoms with Crippen molar-refractivity contribution in [1.82, 2.24) is 0 Å². The normalized spacial score (nSPS) is 14.3. The summed E-state index contributed by atoms with van der Waals surface area (Å²) in [7, 11) is 0. The number of allylic oxidation sites excluding steroid dienone is 5. The van der Waals surface area contributed by atoms with Crippen molar-refractivity contribution in [3.05, 3.63) is 210 Å². The Bertz CT molecular complexity index is 3520. The van der Waals surface area contributed by atoms with Gasteiger partial charge in [-0.3, -0.25) is 0 Å². The average Bonchev–Trinajstić information content (AvgIpc) is 3.81. The molecule has 0 saturated heterocycles. The van der Waals surface area contributed by atoms with Crippen LogP contribution in [0.2, 0.25) is 0 Å². The van der Waals surface area contributed by atoms with Gasteiger partial charge < -0.3 is 18.6 Å². The van der Waals surface area contributed by atoms with Crippen molar-refractivity contribution in [2.24, 2.45) is 5.92 Å². The standard InChI is InChI=1S/C58H46N2O2/c1-36-14-13-17-42(30-36)60(43-25-29-58-52(33-43)51-32-38(3)23-27-57(51)62-58)54-35-50-44-18-9-11-20-46(44)53(34-49(50)45-19-10-12-21-47(45)54)59(41-15-7-6-8-16-41)39(4)24-28-55-40(5)48-31-37(2)22-26-56(48)61-55/h6-29,31-36H,4,30H2,1-3,5H3/b28-24-. The van der Waals surface area contributed by atoms with Gasteiger partial charge in [-0.25, -0.2) is 0 Å². The first-order chi connectivity index (χ1) is 30.3. The fourth-order valence-corrected chi connectivity index (χ4v) is 9.54. The Balaban J connectivity index is 1.13. The van der Waals surface area contributed by atoms with Gasteiger partial charge in [0, 0.05) is 55.3 Å². The van der Waals surface area contributed by atoms with E-state index in [0.717, 1.165) is 84.5 Å². The number of nitrogens with zero attached hydrogens (tertiary/aromatic N) is 2. The van der Waals surface area contributed by atoms with Crippen LogP contribution in [0.3, 0.4) is 0 Å². The van der Waals surface area contributed by atoms with Crippen LogP contribution in [0.1, 0.15) is 35.8 Å². The summed E-state index contributed by atoms with van der Waals surface area (Å²) in [5, 5.41) is 10.4. The van der Waals surface area contributed by atoms with Crippen molar-refractivity contribution in [2.45, 2.75) is 34.1 Å². The molecule has 0 radical (unpaired) electrons. The minimum atomic E-state index is 0.403. The van der Waals surface area contributed by atoms with E-state index >= 15 is 0 Å². The maximum atomic E-state index is 6.36. The second kappa shape index (κ2) is 14.9. The molecule has 4 heteroatoms. The molecule has 0 fully saturated rings. The molecule has 1 unspecified atom stereocenters. The van der Waals surface area contributed by atoms with Gasteiger partial charge in [0.15, 0.2) is 0 Å². The largest absolute Gasteiger partial charge is 0.456 e. The molecule has 8 aromatic carbocycles. The highest BCUT2D eigenvalue weighted by Gasteiger charge is 2.25. The summed E-state index contributed by atoms with van der Waals surface area (Å²) in [5.41, 5.74) is 12.6. The Morgan fingerprint density at radius 1 is 0.565 bits per heavy atom. The Hall–Kier alpha value is -7.56. The van der Waals surface area contributed by atoms with E-state index in [-0.39, 0.29) is 0 Å². The van der Waals surface area contributed by atoms with Crippen molar-refractivity contribution in [3.8, 4) is 0 Å². The number of furan rings is 2. The lowest BCUT2D eigenvalue weighted by Gasteiger charge is -2.32.